The Balaban J connectivity index is 1.30. The van der Waals surface area contributed by atoms with Crippen molar-refractivity contribution in [3.8, 4) is 5.75 Å². The van der Waals surface area contributed by atoms with Gasteiger partial charge in [0.15, 0.2) is 0 Å². The first kappa shape index (κ1) is 24.5. The van der Waals surface area contributed by atoms with Crippen LogP contribution >= 0.6 is 0 Å². The molecule has 0 aromatic heterocycles. The van der Waals surface area contributed by atoms with Crippen molar-refractivity contribution in [1.82, 2.24) is 10.2 Å². The van der Waals surface area contributed by atoms with Crippen LogP contribution in [0.1, 0.15) is 28.8 Å². The van der Waals surface area contributed by atoms with Gasteiger partial charge in [-0.1, -0.05) is 48.5 Å². The SMILES string of the molecule is COc1ccc(C(=O)N(CC(=O)NCC2CCN(Cc3ccccc3)CC2)c2ccccc2)cc1. The topological polar surface area (TPSA) is 61.9 Å². The van der Waals surface area contributed by atoms with Gasteiger partial charge in [-0.05, 0) is 73.8 Å². The molecule has 2 amide bonds. The van der Waals surface area contributed by atoms with Gasteiger partial charge in [0.1, 0.15) is 12.3 Å². The highest BCUT2D eigenvalue weighted by molar-refractivity contribution is 6.08. The molecule has 3 aromatic rings. The van der Waals surface area contributed by atoms with Crippen LogP contribution < -0.4 is 15.0 Å². The predicted octanol–water partition coefficient (Wildman–Crippen LogP) is 4.37. The van der Waals surface area contributed by atoms with Gasteiger partial charge in [-0.25, -0.2) is 0 Å². The van der Waals surface area contributed by atoms with E-state index in [1.54, 1.807) is 31.4 Å². The summed E-state index contributed by atoms with van der Waals surface area (Å²) in [6.45, 7) is 3.64. The lowest BCUT2D eigenvalue weighted by Gasteiger charge is -2.32. The standard InChI is InChI=1S/C29H33N3O3/c1-35-27-14-12-25(13-15-27)29(34)32(26-10-6-3-7-11-26)22-28(33)30-20-23-16-18-31(19-17-23)21-24-8-4-2-5-9-24/h2-15,23H,16-22H2,1H3,(H,30,33). The molecule has 0 radical (unpaired) electrons. The van der Waals surface area contributed by atoms with Gasteiger partial charge in [0.2, 0.25) is 5.91 Å². The fourth-order valence-electron chi connectivity index (χ4n) is 4.43. The smallest absolute Gasteiger partial charge is 0.258 e. The van der Waals surface area contributed by atoms with Crippen LogP contribution in [0.3, 0.4) is 0 Å². The number of amides is 2. The number of anilines is 1. The molecule has 1 heterocycles. The molecule has 3 aromatic carbocycles. The number of likely N-dealkylation sites (tertiary alicyclic amines) is 1. The highest BCUT2D eigenvalue weighted by atomic mass is 16.5. The van der Waals surface area contributed by atoms with E-state index < -0.39 is 0 Å². The number of rotatable bonds is 9. The summed E-state index contributed by atoms with van der Waals surface area (Å²) in [6.07, 6.45) is 2.11. The minimum atomic E-state index is -0.219. The van der Waals surface area contributed by atoms with Crippen LogP contribution in [-0.2, 0) is 11.3 Å². The Morgan fingerprint density at radius 2 is 1.54 bits per heavy atom. The van der Waals surface area contributed by atoms with Gasteiger partial charge in [0.05, 0.1) is 7.11 Å². The highest BCUT2D eigenvalue weighted by Crippen LogP contribution is 2.20. The Kier molecular flexibility index (Phi) is 8.52. The molecule has 0 atom stereocenters. The van der Waals surface area contributed by atoms with Gasteiger partial charge in [-0.2, -0.15) is 0 Å². The number of carbonyl (C=O) groups is 2. The number of benzene rings is 3. The van der Waals surface area contributed by atoms with Gasteiger partial charge in [-0.15, -0.1) is 0 Å². The van der Waals surface area contributed by atoms with Crippen molar-refractivity contribution >= 4 is 17.5 Å². The first-order valence-electron chi connectivity index (χ1n) is 12.2. The lowest BCUT2D eigenvalue weighted by Crippen LogP contribution is -2.43. The molecule has 0 bridgehead atoms. The molecular formula is C29H33N3O3. The lowest BCUT2D eigenvalue weighted by atomic mass is 9.96. The molecule has 1 aliphatic heterocycles. The van der Waals surface area contributed by atoms with Crippen LogP contribution in [0.5, 0.6) is 5.75 Å². The van der Waals surface area contributed by atoms with Crippen molar-refractivity contribution < 1.29 is 14.3 Å². The predicted molar refractivity (Wildman–Crippen MR) is 139 cm³/mol. The minimum Gasteiger partial charge on any atom is -0.497 e. The molecule has 0 aliphatic carbocycles. The van der Waals surface area contributed by atoms with E-state index in [9.17, 15) is 9.59 Å². The summed E-state index contributed by atoms with van der Waals surface area (Å²) in [5, 5.41) is 3.07. The van der Waals surface area contributed by atoms with E-state index in [-0.39, 0.29) is 18.4 Å². The zero-order valence-corrected chi connectivity index (χ0v) is 20.2. The Morgan fingerprint density at radius 1 is 0.914 bits per heavy atom. The number of hydrogen-bond donors (Lipinski definition) is 1. The Bertz CT molecular complexity index is 1080. The van der Waals surface area contributed by atoms with E-state index >= 15 is 0 Å². The average Bonchev–Trinajstić information content (AvgIpc) is 2.92. The van der Waals surface area contributed by atoms with E-state index in [2.05, 4.69) is 34.5 Å². The van der Waals surface area contributed by atoms with E-state index in [0.717, 1.165) is 32.5 Å². The summed E-state index contributed by atoms with van der Waals surface area (Å²) in [5.41, 5.74) is 2.53. The van der Waals surface area contributed by atoms with Crippen molar-refractivity contribution in [3.05, 3.63) is 96.1 Å². The Labute approximate surface area is 207 Å². The van der Waals surface area contributed by atoms with Crippen molar-refractivity contribution in [2.24, 2.45) is 5.92 Å². The van der Waals surface area contributed by atoms with Gasteiger partial charge in [0, 0.05) is 24.3 Å². The molecular weight excluding hydrogens is 438 g/mol. The second-order valence-corrected chi connectivity index (χ2v) is 8.96. The number of para-hydroxylation sites is 1. The lowest BCUT2D eigenvalue weighted by molar-refractivity contribution is -0.120. The van der Waals surface area contributed by atoms with Crippen molar-refractivity contribution in [2.75, 3.05) is 38.2 Å². The summed E-state index contributed by atoms with van der Waals surface area (Å²) in [5.74, 6) is 0.763. The normalized spacial score (nSPS) is 14.3. The zero-order chi connectivity index (χ0) is 24.5. The summed E-state index contributed by atoms with van der Waals surface area (Å²) in [7, 11) is 1.59. The van der Waals surface area contributed by atoms with Crippen LogP contribution in [0.15, 0.2) is 84.9 Å². The number of nitrogens with one attached hydrogen (secondary N) is 1. The first-order chi connectivity index (χ1) is 17.1. The third-order valence-electron chi connectivity index (χ3n) is 6.50. The monoisotopic (exact) mass is 471 g/mol. The zero-order valence-electron chi connectivity index (χ0n) is 20.2. The number of hydrogen-bond acceptors (Lipinski definition) is 4. The number of methoxy groups -OCH3 is 1. The Hall–Kier alpha value is -3.64. The molecule has 6 nitrogen and oxygen atoms in total. The summed E-state index contributed by atoms with van der Waals surface area (Å²) in [6, 6.07) is 26.8. The molecule has 4 rings (SSSR count). The Morgan fingerprint density at radius 3 is 2.17 bits per heavy atom. The first-order valence-corrected chi connectivity index (χ1v) is 12.2. The minimum absolute atomic E-state index is 0.0261. The maximum atomic E-state index is 13.3. The highest BCUT2D eigenvalue weighted by Gasteiger charge is 2.23. The van der Waals surface area contributed by atoms with Crippen LogP contribution in [-0.4, -0.2) is 50.0 Å². The van der Waals surface area contributed by atoms with Crippen molar-refractivity contribution in [2.45, 2.75) is 19.4 Å². The van der Waals surface area contributed by atoms with Gasteiger partial charge in [-0.3, -0.25) is 19.4 Å². The van der Waals surface area contributed by atoms with Gasteiger partial charge >= 0.3 is 0 Å². The van der Waals surface area contributed by atoms with E-state index in [4.69, 9.17) is 4.74 Å². The third kappa shape index (κ3) is 6.93. The fraction of sp³-hybridized carbons (Fsp3) is 0.310. The summed E-state index contributed by atoms with van der Waals surface area (Å²) in [4.78, 5) is 30.1. The largest absolute Gasteiger partial charge is 0.497 e. The van der Waals surface area contributed by atoms with Crippen molar-refractivity contribution in [1.29, 1.82) is 0 Å². The molecule has 0 spiro atoms. The molecule has 1 N–H and O–H groups in total. The molecule has 182 valence electrons. The second-order valence-electron chi connectivity index (χ2n) is 8.96. The van der Waals surface area contributed by atoms with E-state index in [1.807, 2.05) is 36.4 Å². The van der Waals surface area contributed by atoms with Crippen LogP contribution in [0, 0.1) is 5.92 Å². The number of nitrogens with zero attached hydrogens (tertiary/aromatic N) is 2. The summed E-state index contributed by atoms with van der Waals surface area (Å²) < 4.78 is 5.19. The summed E-state index contributed by atoms with van der Waals surface area (Å²) >= 11 is 0. The molecule has 6 heteroatoms. The molecule has 1 fully saturated rings. The van der Waals surface area contributed by atoms with E-state index in [0.29, 0.717) is 29.5 Å². The number of piperidine rings is 1. The quantitative estimate of drug-likeness (QED) is 0.503. The maximum absolute atomic E-state index is 13.3. The van der Waals surface area contributed by atoms with Crippen LogP contribution in [0.2, 0.25) is 0 Å². The number of ether oxygens (including phenoxy) is 1. The molecule has 1 saturated heterocycles. The molecule has 0 unspecified atom stereocenters. The van der Waals surface area contributed by atoms with Crippen LogP contribution in [0.4, 0.5) is 5.69 Å². The van der Waals surface area contributed by atoms with Gasteiger partial charge in [0.25, 0.3) is 5.91 Å². The van der Waals surface area contributed by atoms with E-state index in [1.165, 1.54) is 10.5 Å². The molecule has 0 saturated carbocycles. The fourth-order valence-corrected chi connectivity index (χ4v) is 4.43. The molecule has 35 heavy (non-hydrogen) atoms. The maximum Gasteiger partial charge on any atom is 0.258 e. The van der Waals surface area contributed by atoms with Gasteiger partial charge < -0.3 is 10.1 Å². The van der Waals surface area contributed by atoms with Crippen LogP contribution in [0.25, 0.3) is 0 Å². The third-order valence-corrected chi connectivity index (χ3v) is 6.50. The average molecular weight is 472 g/mol. The van der Waals surface area contributed by atoms with Crippen molar-refractivity contribution in [3.63, 3.8) is 0 Å². The number of carbonyl (C=O) groups excluding carboxylic acids is 2. The second kappa shape index (κ2) is 12.2. The molecule has 1 aliphatic rings.